The molecule has 1 aromatic heterocycles. The summed E-state index contributed by atoms with van der Waals surface area (Å²) in [6.45, 7) is 1.13. The number of ether oxygens (including phenoxy) is 2. The van der Waals surface area contributed by atoms with Gasteiger partial charge in [-0.2, -0.15) is 0 Å². The Morgan fingerprint density at radius 2 is 2.15 bits per heavy atom. The molecule has 2 heterocycles. The molecule has 1 saturated heterocycles. The van der Waals surface area contributed by atoms with Gasteiger partial charge in [-0.25, -0.2) is 14.4 Å². The molecule has 3 rings (SSSR count). The molecule has 144 valence electrons. The maximum atomic E-state index is 14.0. The lowest BCUT2D eigenvalue weighted by Gasteiger charge is -2.23. The molecule has 1 aliphatic heterocycles. The SMILES string of the molecule is O=CC(CCOC1CCCCO1)c1ncc(Cc2cccc(Cl)c2F)cn1. The van der Waals surface area contributed by atoms with E-state index in [1.165, 1.54) is 6.07 Å². The van der Waals surface area contributed by atoms with E-state index >= 15 is 0 Å². The molecule has 2 atom stereocenters. The second-order valence-electron chi connectivity index (χ2n) is 6.54. The van der Waals surface area contributed by atoms with E-state index in [1.807, 2.05) is 0 Å². The molecule has 0 amide bonds. The van der Waals surface area contributed by atoms with Gasteiger partial charge in [0.25, 0.3) is 0 Å². The molecule has 1 aromatic carbocycles. The van der Waals surface area contributed by atoms with E-state index < -0.39 is 11.7 Å². The van der Waals surface area contributed by atoms with Crippen molar-refractivity contribution in [2.24, 2.45) is 0 Å². The lowest BCUT2D eigenvalue weighted by atomic mass is 10.1. The number of carbonyl (C=O) groups excluding carboxylic acids is 1. The fraction of sp³-hybridized carbons (Fsp3) is 0.450. The van der Waals surface area contributed by atoms with Gasteiger partial charge in [-0.15, -0.1) is 0 Å². The second kappa shape index (κ2) is 9.88. The number of hydrogen-bond acceptors (Lipinski definition) is 5. The van der Waals surface area contributed by atoms with Gasteiger partial charge in [0.2, 0.25) is 0 Å². The van der Waals surface area contributed by atoms with Crippen LogP contribution in [0, 0.1) is 5.82 Å². The first-order valence-electron chi connectivity index (χ1n) is 9.09. The fourth-order valence-corrected chi connectivity index (χ4v) is 3.17. The molecular weight excluding hydrogens is 371 g/mol. The van der Waals surface area contributed by atoms with Gasteiger partial charge in [-0.05, 0) is 42.9 Å². The van der Waals surface area contributed by atoms with Crippen molar-refractivity contribution in [1.29, 1.82) is 0 Å². The normalized spacial score (nSPS) is 18.2. The summed E-state index contributed by atoms with van der Waals surface area (Å²) in [5.74, 6) is -0.435. The molecular formula is C20H22ClFN2O3. The van der Waals surface area contributed by atoms with Gasteiger partial charge < -0.3 is 14.3 Å². The van der Waals surface area contributed by atoms with E-state index in [-0.39, 0.29) is 11.3 Å². The largest absolute Gasteiger partial charge is 0.353 e. The van der Waals surface area contributed by atoms with Crippen LogP contribution in [0.25, 0.3) is 0 Å². The van der Waals surface area contributed by atoms with E-state index in [2.05, 4.69) is 9.97 Å². The highest BCUT2D eigenvalue weighted by Crippen LogP contribution is 2.21. The van der Waals surface area contributed by atoms with Gasteiger partial charge in [0, 0.05) is 25.4 Å². The van der Waals surface area contributed by atoms with Crippen LogP contribution in [0.2, 0.25) is 5.02 Å². The highest BCUT2D eigenvalue weighted by atomic mass is 35.5. The zero-order chi connectivity index (χ0) is 19.1. The van der Waals surface area contributed by atoms with Crippen molar-refractivity contribution < 1.29 is 18.7 Å². The Morgan fingerprint density at radius 3 is 2.85 bits per heavy atom. The number of rotatable bonds is 8. The van der Waals surface area contributed by atoms with Gasteiger partial charge in [-0.1, -0.05) is 23.7 Å². The molecule has 5 nitrogen and oxygen atoms in total. The Hall–Kier alpha value is -1.89. The standard InChI is InChI=1S/C20H22ClFN2O3/c21-17-5-3-4-15(19(17)22)10-14-11-23-20(24-12-14)16(13-25)7-9-27-18-6-1-2-8-26-18/h3-5,11-13,16,18H,1-2,6-10H2. The first-order chi connectivity index (χ1) is 13.2. The van der Waals surface area contributed by atoms with Crippen LogP contribution in [0.4, 0.5) is 4.39 Å². The van der Waals surface area contributed by atoms with Crippen molar-refractivity contribution in [2.45, 2.75) is 44.3 Å². The molecule has 2 aromatic rings. The maximum Gasteiger partial charge on any atom is 0.157 e. The minimum atomic E-state index is -0.439. The van der Waals surface area contributed by atoms with Crippen LogP contribution in [0.15, 0.2) is 30.6 Å². The van der Waals surface area contributed by atoms with Gasteiger partial charge in [-0.3, -0.25) is 0 Å². The van der Waals surface area contributed by atoms with E-state index in [0.29, 0.717) is 30.8 Å². The third kappa shape index (κ3) is 5.54. The Morgan fingerprint density at radius 1 is 1.33 bits per heavy atom. The van der Waals surface area contributed by atoms with E-state index in [0.717, 1.165) is 37.7 Å². The molecule has 1 aliphatic rings. The summed E-state index contributed by atoms with van der Waals surface area (Å²) in [5, 5.41) is 0.0907. The highest BCUT2D eigenvalue weighted by Gasteiger charge is 2.18. The highest BCUT2D eigenvalue weighted by molar-refractivity contribution is 6.30. The number of carbonyl (C=O) groups is 1. The topological polar surface area (TPSA) is 61.3 Å². The van der Waals surface area contributed by atoms with Crippen molar-refractivity contribution in [3.8, 4) is 0 Å². The smallest absolute Gasteiger partial charge is 0.157 e. The van der Waals surface area contributed by atoms with Crippen LogP contribution in [-0.2, 0) is 20.7 Å². The van der Waals surface area contributed by atoms with Gasteiger partial charge in [0.05, 0.1) is 17.5 Å². The quantitative estimate of drug-likeness (QED) is 0.633. The molecule has 0 aliphatic carbocycles. The fourth-order valence-electron chi connectivity index (χ4n) is 2.98. The Balaban J connectivity index is 1.55. The van der Waals surface area contributed by atoms with Crippen LogP contribution in [0.5, 0.6) is 0 Å². The third-order valence-corrected chi connectivity index (χ3v) is 4.81. The first kappa shape index (κ1) is 19.9. The molecule has 27 heavy (non-hydrogen) atoms. The first-order valence-corrected chi connectivity index (χ1v) is 9.47. The van der Waals surface area contributed by atoms with Crippen LogP contribution >= 0.6 is 11.6 Å². The number of aldehydes is 1. The average molecular weight is 393 g/mol. The molecule has 2 unspecified atom stereocenters. The van der Waals surface area contributed by atoms with Crippen LogP contribution < -0.4 is 0 Å². The molecule has 0 bridgehead atoms. The predicted octanol–water partition coefficient (Wildman–Crippen LogP) is 4.08. The lowest BCUT2D eigenvalue weighted by molar-refractivity contribution is -0.163. The molecule has 0 spiro atoms. The zero-order valence-corrected chi connectivity index (χ0v) is 15.7. The molecule has 0 saturated carbocycles. The Bertz CT molecular complexity index is 751. The van der Waals surface area contributed by atoms with Gasteiger partial charge in [0.1, 0.15) is 17.9 Å². The van der Waals surface area contributed by atoms with Gasteiger partial charge in [0.15, 0.2) is 6.29 Å². The average Bonchev–Trinajstić information content (AvgIpc) is 2.70. The second-order valence-corrected chi connectivity index (χ2v) is 6.94. The Labute approximate surface area is 162 Å². The summed E-state index contributed by atoms with van der Waals surface area (Å²) in [6.07, 6.45) is 7.76. The number of halogens is 2. The monoisotopic (exact) mass is 392 g/mol. The van der Waals surface area contributed by atoms with Crippen LogP contribution in [0.3, 0.4) is 0 Å². The predicted molar refractivity (Wildman–Crippen MR) is 99.2 cm³/mol. The number of nitrogens with zero attached hydrogens (tertiary/aromatic N) is 2. The van der Waals surface area contributed by atoms with E-state index in [4.69, 9.17) is 21.1 Å². The lowest BCUT2D eigenvalue weighted by Crippen LogP contribution is -2.23. The molecule has 1 fully saturated rings. The van der Waals surface area contributed by atoms with Crippen molar-refractivity contribution in [2.75, 3.05) is 13.2 Å². The summed E-state index contributed by atoms with van der Waals surface area (Å²) in [7, 11) is 0. The van der Waals surface area contributed by atoms with Crippen molar-refractivity contribution in [3.05, 3.63) is 58.4 Å². The van der Waals surface area contributed by atoms with E-state index in [9.17, 15) is 9.18 Å². The summed E-state index contributed by atoms with van der Waals surface area (Å²) >= 11 is 5.80. The summed E-state index contributed by atoms with van der Waals surface area (Å²) in [4.78, 5) is 20.0. The van der Waals surface area contributed by atoms with Crippen molar-refractivity contribution in [3.63, 3.8) is 0 Å². The number of aromatic nitrogens is 2. The van der Waals surface area contributed by atoms with Crippen LogP contribution in [-0.4, -0.2) is 35.8 Å². The zero-order valence-electron chi connectivity index (χ0n) is 14.9. The van der Waals surface area contributed by atoms with Crippen molar-refractivity contribution in [1.82, 2.24) is 9.97 Å². The number of benzene rings is 1. The third-order valence-electron chi connectivity index (χ3n) is 4.52. The van der Waals surface area contributed by atoms with Crippen molar-refractivity contribution >= 4 is 17.9 Å². The molecule has 0 N–H and O–H groups in total. The van der Waals surface area contributed by atoms with E-state index in [1.54, 1.807) is 24.5 Å². The summed E-state index contributed by atoms with van der Waals surface area (Å²) in [6, 6.07) is 4.89. The minimum Gasteiger partial charge on any atom is -0.353 e. The van der Waals surface area contributed by atoms with Gasteiger partial charge >= 0.3 is 0 Å². The molecule has 7 heteroatoms. The molecule has 0 radical (unpaired) electrons. The maximum absolute atomic E-state index is 14.0. The Kier molecular flexibility index (Phi) is 7.26. The minimum absolute atomic E-state index is 0.0907. The van der Waals surface area contributed by atoms with Crippen LogP contribution in [0.1, 0.15) is 48.6 Å². The summed E-state index contributed by atoms with van der Waals surface area (Å²) in [5.41, 5.74) is 1.23. The summed E-state index contributed by atoms with van der Waals surface area (Å²) < 4.78 is 25.2. The number of hydrogen-bond donors (Lipinski definition) is 0.